The van der Waals surface area contributed by atoms with E-state index in [0.29, 0.717) is 12.4 Å². The number of hydrogen-bond acceptors (Lipinski definition) is 3. The van der Waals surface area contributed by atoms with Crippen molar-refractivity contribution >= 4 is 11.9 Å². The monoisotopic (exact) mass is 267 g/mol. The van der Waals surface area contributed by atoms with Crippen LogP contribution in [0.15, 0.2) is 12.4 Å². The van der Waals surface area contributed by atoms with Gasteiger partial charge in [-0.25, -0.2) is 4.98 Å². The third-order valence-corrected chi connectivity index (χ3v) is 3.65. The molecule has 6 heteroatoms. The van der Waals surface area contributed by atoms with Crippen molar-refractivity contribution in [2.75, 3.05) is 7.05 Å². The second kappa shape index (κ2) is 5.86. The standard InChI is InChI=1S/C13H21N3O3/c1-9(2)13(3,12(18)19)7-11(17)16(4)8-10-14-5-6-15-10/h5-6,9H,7-8H2,1-4H3,(H,14,15)(H,18,19). The van der Waals surface area contributed by atoms with E-state index in [4.69, 9.17) is 0 Å². The highest BCUT2D eigenvalue weighted by Gasteiger charge is 2.39. The summed E-state index contributed by atoms with van der Waals surface area (Å²) in [4.78, 5) is 31.9. The number of carboxylic acid groups (broad SMARTS) is 1. The molecular formula is C13H21N3O3. The Morgan fingerprint density at radius 1 is 1.53 bits per heavy atom. The lowest BCUT2D eigenvalue weighted by Gasteiger charge is -2.30. The van der Waals surface area contributed by atoms with Crippen molar-refractivity contribution < 1.29 is 14.7 Å². The molecule has 1 aromatic rings. The van der Waals surface area contributed by atoms with Gasteiger partial charge in [-0.3, -0.25) is 9.59 Å². The lowest BCUT2D eigenvalue weighted by atomic mass is 9.76. The summed E-state index contributed by atoms with van der Waals surface area (Å²) < 4.78 is 0. The number of H-pyrrole nitrogens is 1. The van der Waals surface area contributed by atoms with Crippen LogP contribution in [0.3, 0.4) is 0 Å². The molecule has 0 aromatic carbocycles. The first-order chi connectivity index (χ1) is 8.77. The number of rotatable bonds is 6. The molecule has 1 aromatic heterocycles. The molecule has 0 aliphatic carbocycles. The van der Waals surface area contributed by atoms with Gasteiger partial charge in [0.05, 0.1) is 12.0 Å². The van der Waals surface area contributed by atoms with Gasteiger partial charge in [-0.1, -0.05) is 13.8 Å². The molecule has 6 nitrogen and oxygen atoms in total. The zero-order chi connectivity index (χ0) is 14.6. The molecule has 1 atom stereocenters. The molecule has 1 heterocycles. The second-order valence-electron chi connectivity index (χ2n) is 5.34. The van der Waals surface area contributed by atoms with Gasteiger partial charge in [0.2, 0.25) is 5.91 Å². The number of nitrogens with zero attached hydrogens (tertiary/aromatic N) is 2. The molecule has 0 fully saturated rings. The maximum Gasteiger partial charge on any atom is 0.310 e. The van der Waals surface area contributed by atoms with Crippen molar-refractivity contribution in [3.05, 3.63) is 18.2 Å². The summed E-state index contributed by atoms with van der Waals surface area (Å²) in [6.07, 6.45) is 3.28. The molecule has 0 bridgehead atoms. The summed E-state index contributed by atoms with van der Waals surface area (Å²) in [5.74, 6) is -0.583. The van der Waals surface area contributed by atoms with E-state index in [-0.39, 0.29) is 18.2 Å². The molecular weight excluding hydrogens is 246 g/mol. The van der Waals surface area contributed by atoms with Crippen molar-refractivity contribution in [3.8, 4) is 0 Å². The Labute approximate surface area is 112 Å². The molecule has 2 N–H and O–H groups in total. The van der Waals surface area contributed by atoms with E-state index in [2.05, 4.69) is 9.97 Å². The van der Waals surface area contributed by atoms with Crippen molar-refractivity contribution in [2.24, 2.45) is 11.3 Å². The van der Waals surface area contributed by atoms with Gasteiger partial charge in [0.1, 0.15) is 5.82 Å². The molecule has 1 rings (SSSR count). The molecule has 106 valence electrons. The van der Waals surface area contributed by atoms with Gasteiger partial charge in [-0.05, 0) is 12.8 Å². The van der Waals surface area contributed by atoms with E-state index in [9.17, 15) is 14.7 Å². The SMILES string of the molecule is CC(C)C(C)(CC(=O)N(C)Cc1ncc[nH]1)C(=O)O. The molecule has 0 aliphatic rings. The quantitative estimate of drug-likeness (QED) is 0.818. The normalized spacial score (nSPS) is 14.2. The average molecular weight is 267 g/mol. The van der Waals surface area contributed by atoms with Gasteiger partial charge in [0, 0.05) is 25.9 Å². The maximum absolute atomic E-state index is 12.1. The maximum atomic E-state index is 12.1. The number of aliphatic carboxylic acids is 1. The third-order valence-electron chi connectivity index (χ3n) is 3.65. The average Bonchev–Trinajstić information content (AvgIpc) is 2.80. The summed E-state index contributed by atoms with van der Waals surface area (Å²) in [6.45, 7) is 5.58. The van der Waals surface area contributed by atoms with Crippen LogP contribution in [0.25, 0.3) is 0 Å². The number of carbonyl (C=O) groups is 2. The fourth-order valence-corrected chi connectivity index (χ4v) is 1.67. The van der Waals surface area contributed by atoms with Crippen LogP contribution < -0.4 is 0 Å². The Morgan fingerprint density at radius 3 is 2.58 bits per heavy atom. The Morgan fingerprint density at radius 2 is 2.16 bits per heavy atom. The Balaban J connectivity index is 2.69. The number of carbonyl (C=O) groups excluding carboxylic acids is 1. The summed E-state index contributed by atoms with van der Waals surface area (Å²) >= 11 is 0. The highest BCUT2D eigenvalue weighted by atomic mass is 16.4. The van der Waals surface area contributed by atoms with Crippen LogP contribution in [-0.4, -0.2) is 38.9 Å². The van der Waals surface area contributed by atoms with Crippen LogP contribution in [0.1, 0.15) is 33.0 Å². The van der Waals surface area contributed by atoms with E-state index < -0.39 is 11.4 Å². The van der Waals surface area contributed by atoms with Crippen molar-refractivity contribution in [3.63, 3.8) is 0 Å². The predicted octanol–water partition coefficient (Wildman–Crippen LogP) is 1.51. The Hall–Kier alpha value is -1.85. The lowest BCUT2D eigenvalue weighted by molar-refractivity contribution is -0.155. The minimum atomic E-state index is -1.05. The molecule has 0 saturated heterocycles. The predicted molar refractivity (Wildman–Crippen MR) is 70.3 cm³/mol. The largest absolute Gasteiger partial charge is 0.481 e. The number of carboxylic acids is 1. The summed E-state index contributed by atoms with van der Waals surface area (Å²) in [7, 11) is 1.65. The molecule has 1 amide bonds. The van der Waals surface area contributed by atoms with E-state index in [1.54, 1.807) is 26.4 Å². The van der Waals surface area contributed by atoms with Gasteiger partial charge in [-0.15, -0.1) is 0 Å². The van der Waals surface area contributed by atoms with E-state index >= 15 is 0 Å². The van der Waals surface area contributed by atoms with Crippen molar-refractivity contribution in [1.29, 1.82) is 0 Å². The first-order valence-electron chi connectivity index (χ1n) is 6.23. The number of aromatic nitrogens is 2. The fourth-order valence-electron chi connectivity index (χ4n) is 1.67. The number of imidazole rings is 1. The summed E-state index contributed by atoms with van der Waals surface area (Å²) in [6, 6.07) is 0. The first-order valence-corrected chi connectivity index (χ1v) is 6.23. The molecule has 1 unspecified atom stereocenters. The zero-order valence-corrected chi connectivity index (χ0v) is 11.8. The van der Waals surface area contributed by atoms with Gasteiger partial charge >= 0.3 is 5.97 Å². The lowest BCUT2D eigenvalue weighted by Crippen LogP contribution is -2.39. The number of amides is 1. The summed E-state index contributed by atoms with van der Waals surface area (Å²) in [5.41, 5.74) is -1.05. The van der Waals surface area contributed by atoms with Crippen LogP contribution in [-0.2, 0) is 16.1 Å². The number of hydrogen-bond donors (Lipinski definition) is 2. The molecule has 19 heavy (non-hydrogen) atoms. The Bertz CT molecular complexity index is 442. The van der Waals surface area contributed by atoms with Gasteiger partial charge in [0.15, 0.2) is 0 Å². The topological polar surface area (TPSA) is 86.3 Å². The van der Waals surface area contributed by atoms with Crippen LogP contribution in [0.2, 0.25) is 0 Å². The fraction of sp³-hybridized carbons (Fsp3) is 0.615. The number of aromatic amines is 1. The van der Waals surface area contributed by atoms with E-state index in [0.717, 1.165) is 0 Å². The van der Waals surface area contributed by atoms with Crippen molar-refractivity contribution in [2.45, 2.75) is 33.7 Å². The smallest absolute Gasteiger partial charge is 0.310 e. The van der Waals surface area contributed by atoms with E-state index in [1.807, 2.05) is 13.8 Å². The number of nitrogens with one attached hydrogen (secondary N) is 1. The molecule has 0 saturated carbocycles. The van der Waals surface area contributed by atoms with Crippen LogP contribution in [0.5, 0.6) is 0 Å². The molecule has 0 spiro atoms. The van der Waals surface area contributed by atoms with Crippen LogP contribution in [0.4, 0.5) is 0 Å². The third kappa shape index (κ3) is 3.56. The van der Waals surface area contributed by atoms with Gasteiger partial charge < -0.3 is 15.0 Å². The van der Waals surface area contributed by atoms with Gasteiger partial charge in [-0.2, -0.15) is 0 Å². The summed E-state index contributed by atoms with van der Waals surface area (Å²) in [5, 5.41) is 9.30. The Kier molecular flexibility index (Phi) is 4.69. The highest BCUT2D eigenvalue weighted by Crippen LogP contribution is 2.32. The molecule has 0 radical (unpaired) electrons. The van der Waals surface area contributed by atoms with Gasteiger partial charge in [0.25, 0.3) is 0 Å². The minimum absolute atomic E-state index is 0.0167. The van der Waals surface area contributed by atoms with E-state index in [1.165, 1.54) is 4.90 Å². The zero-order valence-electron chi connectivity index (χ0n) is 11.8. The van der Waals surface area contributed by atoms with Crippen LogP contribution in [0, 0.1) is 11.3 Å². The van der Waals surface area contributed by atoms with Crippen LogP contribution >= 0.6 is 0 Å². The first kappa shape index (κ1) is 15.2. The second-order valence-corrected chi connectivity index (χ2v) is 5.34. The molecule has 0 aliphatic heterocycles. The highest BCUT2D eigenvalue weighted by molar-refractivity contribution is 5.84. The minimum Gasteiger partial charge on any atom is -0.481 e. The van der Waals surface area contributed by atoms with Crippen molar-refractivity contribution in [1.82, 2.24) is 14.9 Å².